The number of para-hydroxylation sites is 4. The van der Waals surface area contributed by atoms with Gasteiger partial charge >= 0.3 is 0 Å². The molecule has 4 aromatic heterocycles. The van der Waals surface area contributed by atoms with E-state index in [0.29, 0.717) is 0 Å². The summed E-state index contributed by atoms with van der Waals surface area (Å²) in [6.45, 7) is 6.00. The molecule has 0 bridgehead atoms. The van der Waals surface area contributed by atoms with Gasteiger partial charge in [-0.1, -0.05) is 127 Å². The van der Waals surface area contributed by atoms with Gasteiger partial charge in [-0.2, -0.15) is 0 Å². The molecule has 5 nitrogen and oxygen atoms in total. The zero-order valence-corrected chi connectivity index (χ0v) is 27.8. The Kier molecular flexibility index (Phi) is 7.37. The molecule has 0 spiro atoms. The van der Waals surface area contributed by atoms with E-state index in [1.165, 1.54) is 11.1 Å². The van der Waals surface area contributed by atoms with Crippen LogP contribution in [0.5, 0.6) is 0 Å². The minimum absolute atomic E-state index is 0.743. The van der Waals surface area contributed by atoms with Crippen molar-refractivity contribution < 1.29 is 4.42 Å². The van der Waals surface area contributed by atoms with Gasteiger partial charge in [-0.3, -0.25) is 9.13 Å². The first kappa shape index (κ1) is 30.1. The van der Waals surface area contributed by atoms with Gasteiger partial charge in [-0.25, -0.2) is 9.97 Å². The van der Waals surface area contributed by atoms with Crippen molar-refractivity contribution in [1.29, 1.82) is 0 Å². The maximum Gasteiger partial charge on any atom is 0.213 e. The number of aromatic nitrogens is 4. The SMILES string of the molecule is C=C.c1ccc(-c2ccccc2-c2ccccc2-c2nc3ccccc3n2-c2cc3c(cn2)oc2c3c3ccccc3n2-c2ccccc2)cc1. The molecule has 10 rings (SSSR count). The summed E-state index contributed by atoms with van der Waals surface area (Å²) in [5, 5.41) is 3.22. The molecule has 242 valence electrons. The van der Waals surface area contributed by atoms with Gasteiger partial charge in [0.2, 0.25) is 5.71 Å². The molecule has 10 aromatic rings. The molecule has 0 aliphatic carbocycles. The van der Waals surface area contributed by atoms with E-state index in [-0.39, 0.29) is 0 Å². The number of hydrogen-bond acceptors (Lipinski definition) is 3. The van der Waals surface area contributed by atoms with Crippen LogP contribution in [0.4, 0.5) is 0 Å². The Hall–Kier alpha value is -6.98. The molecule has 0 atom stereocenters. The van der Waals surface area contributed by atoms with Crippen molar-refractivity contribution in [2.75, 3.05) is 0 Å². The number of pyridine rings is 1. The van der Waals surface area contributed by atoms with E-state index in [4.69, 9.17) is 14.4 Å². The maximum absolute atomic E-state index is 6.61. The number of nitrogens with zero attached hydrogens (tertiary/aromatic N) is 4. The second kappa shape index (κ2) is 12.5. The van der Waals surface area contributed by atoms with Crippen molar-refractivity contribution in [3.63, 3.8) is 0 Å². The van der Waals surface area contributed by atoms with Crippen LogP contribution >= 0.6 is 0 Å². The van der Waals surface area contributed by atoms with E-state index in [1.54, 1.807) is 0 Å². The highest BCUT2D eigenvalue weighted by atomic mass is 16.3. The lowest BCUT2D eigenvalue weighted by atomic mass is 9.91. The summed E-state index contributed by atoms with van der Waals surface area (Å²) < 4.78 is 11.0. The molecule has 0 unspecified atom stereocenters. The third-order valence-electron chi connectivity index (χ3n) is 9.43. The zero-order chi connectivity index (χ0) is 34.3. The van der Waals surface area contributed by atoms with E-state index in [0.717, 1.165) is 78.0 Å². The van der Waals surface area contributed by atoms with Crippen LogP contribution in [0, 0.1) is 0 Å². The molecule has 0 fully saturated rings. The number of imidazole rings is 1. The number of furan rings is 1. The summed E-state index contributed by atoms with van der Waals surface area (Å²) in [7, 11) is 0. The minimum Gasteiger partial charge on any atom is -0.437 e. The number of fused-ring (bicyclic) bond motifs is 6. The molecule has 0 N–H and O–H groups in total. The second-order valence-corrected chi connectivity index (χ2v) is 12.2. The van der Waals surface area contributed by atoms with Crippen LogP contribution in [0.2, 0.25) is 0 Å². The molecule has 0 saturated heterocycles. The van der Waals surface area contributed by atoms with E-state index in [2.05, 4.69) is 174 Å². The molecule has 0 radical (unpaired) electrons. The van der Waals surface area contributed by atoms with Crippen molar-refractivity contribution in [3.05, 3.63) is 183 Å². The number of hydrogen-bond donors (Lipinski definition) is 0. The van der Waals surface area contributed by atoms with E-state index in [9.17, 15) is 0 Å². The van der Waals surface area contributed by atoms with Gasteiger partial charge < -0.3 is 4.42 Å². The van der Waals surface area contributed by atoms with Crippen molar-refractivity contribution >= 4 is 44.0 Å². The van der Waals surface area contributed by atoms with E-state index in [1.807, 2.05) is 18.3 Å². The number of rotatable bonds is 5. The molecular weight excluding hydrogens is 625 g/mol. The summed E-state index contributed by atoms with van der Waals surface area (Å²) in [5.74, 6) is 1.61. The maximum atomic E-state index is 6.61. The predicted octanol–water partition coefficient (Wildman–Crippen LogP) is 12.1. The first-order chi connectivity index (χ1) is 25.3. The summed E-state index contributed by atoms with van der Waals surface area (Å²) in [5.41, 5.74) is 11.2. The van der Waals surface area contributed by atoms with Gasteiger partial charge in [0.1, 0.15) is 11.6 Å². The van der Waals surface area contributed by atoms with Crippen LogP contribution in [0.3, 0.4) is 0 Å². The predicted molar refractivity (Wildman–Crippen MR) is 211 cm³/mol. The third kappa shape index (κ3) is 4.86. The van der Waals surface area contributed by atoms with Gasteiger partial charge in [0.15, 0.2) is 5.58 Å². The molecule has 0 saturated carbocycles. The zero-order valence-electron chi connectivity index (χ0n) is 27.8. The summed E-state index contributed by atoms with van der Waals surface area (Å²) in [6.07, 6.45) is 1.85. The molecule has 0 aliphatic rings. The topological polar surface area (TPSA) is 48.8 Å². The van der Waals surface area contributed by atoms with E-state index < -0.39 is 0 Å². The van der Waals surface area contributed by atoms with Gasteiger partial charge in [0.05, 0.1) is 28.1 Å². The fourth-order valence-corrected chi connectivity index (χ4v) is 7.28. The van der Waals surface area contributed by atoms with Crippen molar-refractivity contribution in [1.82, 2.24) is 19.1 Å². The molecule has 5 heteroatoms. The Balaban J connectivity index is 0.00000171. The normalized spacial score (nSPS) is 11.3. The summed E-state index contributed by atoms with van der Waals surface area (Å²) in [4.78, 5) is 10.3. The molecule has 51 heavy (non-hydrogen) atoms. The Morgan fingerprint density at radius 2 is 1.10 bits per heavy atom. The van der Waals surface area contributed by atoms with Gasteiger partial charge in [-0.15, -0.1) is 13.2 Å². The monoisotopic (exact) mass is 656 g/mol. The van der Waals surface area contributed by atoms with Crippen LogP contribution < -0.4 is 0 Å². The van der Waals surface area contributed by atoms with Crippen molar-refractivity contribution in [3.8, 4) is 45.1 Å². The van der Waals surface area contributed by atoms with Crippen LogP contribution in [0.1, 0.15) is 0 Å². The summed E-state index contributed by atoms with van der Waals surface area (Å²) in [6, 6.07) is 57.0. The van der Waals surface area contributed by atoms with Crippen LogP contribution in [0.25, 0.3) is 89.2 Å². The first-order valence-electron chi connectivity index (χ1n) is 16.9. The Labute approximate surface area is 295 Å². The molecular formula is C46H32N4O. The lowest BCUT2D eigenvalue weighted by Crippen LogP contribution is -2.01. The Bertz CT molecular complexity index is 2840. The largest absolute Gasteiger partial charge is 0.437 e. The Morgan fingerprint density at radius 1 is 0.510 bits per heavy atom. The highest BCUT2D eigenvalue weighted by molar-refractivity contribution is 6.20. The standard InChI is InChI=1S/C44H28N4O.C2H4/c1-3-15-29(16-4-1)31-19-7-8-20-32(31)33-21-9-10-22-34(33)43-46-37-24-12-14-26-39(37)48(43)41-27-36-40(28-45-41)49-44-42(36)35-23-11-13-25-38(35)47(44)30-17-5-2-6-18-30;1-2/h1-28H;1-2H2. The smallest absolute Gasteiger partial charge is 0.213 e. The molecule has 4 heterocycles. The molecule has 6 aromatic carbocycles. The van der Waals surface area contributed by atoms with Crippen LogP contribution in [-0.4, -0.2) is 19.1 Å². The lowest BCUT2D eigenvalue weighted by Gasteiger charge is -2.15. The van der Waals surface area contributed by atoms with Crippen LogP contribution in [0.15, 0.2) is 188 Å². The first-order valence-corrected chi connectivity index (χ1v) is 16.9. The third-order valence-corrected chi connectivity index (χ3v) is 9.43. The van der Waals surface area contributed by atoms with Crippen molar-refractivity contribution in [2.45, 2.75) is 0 Å². The second-order valence-electron chi connectivity index (χ2n) is 12.2. The summed E-state index contributed by atoms with van der Waals surface area (Å²) >= 11 is 0. The highest BCUT2D eigenvalue weighted by Gasteiger charge is 2.23. The Morgan fingerprint density at radius 3 is 1.86 bits per heavy atom. The van der Waals surface area contributed by atoms with Gasteiger partial charge in [-0.05, 0) is 58.7 Å². The van der Waals surface area contributed by atoms with Crippen LogP contribution in [-0.2, 0) is 0 Å². The highest BCUT2D eigenvalue weighted by Crippen LogP contribution is 2.42. The number of benzene rings is 6. The average molecular weight is 657 g/mol. The lowest BCUT2D eigenvalue weighted by molar-refractivity contribution is 0.643. The van der Waals surface area contributed by atoms with Gasteiger partial charge in [0, 0.05) is 22.0 Å². The quantitative estimate of drug-likeness (QED) is 0.173. The fourth-order valence-electron chi connectivity index (χ4n) is 7.28. The van der Waals surface area contributed by atoms with E-state index >= 15 is 0 Å². The fraction of sp³-hybridized carbons (Fsp3) is 0. The minimum atomic E-state index is 0.743. The molecule has 0 amide bonds. The van der Waals surface area contributed by atoms with Gasteiger partial charge in [0.25, 0.3) is 0 Å². The average Bonchev–Trinajstić information content (AvgIpc) is 3.88. The molecule has 0 aliphatic heterocycles. The van der Waals surface area contributed by atoms with Crippen molar-refractivity contribution in [2.24, 2.45) is 0 Å².